The molecule has 0 aliphatic carbocycles. The second kappa shape index (κ2) is 7.81. The molecule has 2 N–H and O–H groups in total. The van der Waals surface area contributed by atoms with Crippen LogP contribution < -0.4 is 10.5 Å². The monoisotopic (exact) mass is 237 g/mol. The third-order valence-corrected chi connectivity index (χ3v) is 2.26. The van der Waals surface area contributed by atoms with Gasteiger partial charge in [0.15, 0.2) is 5.78 Å². The van der Waals surface area contributed by atoms with Crippen molar-refractivity contribution in [3.63, 3.8) is 0 Å². The van der Waals surface area contributed by atoms with Gasteiger partial charge in [-0.05, 0) is 24.3 Å². The minimum atomic E-state index is 0.142. The maximum Gasteiger partial charge on any atom is 0.162 e. The first-order chi connectivity index (χ1) is 8.27. The predicted molar refractivity (Wildman–Crippen MR) is 66.4 cm³/mol. The van der Waals surface area contributed by atoms with E-state index in [1.165, 1.54) is 0 Å². The van der Waals surface area contributed by atoms with Crippen molar-refractivity contribution in [2.45, 2.75) is 13.3 Å². The first kappa shape index (κ1) is 13.7. The molecule has 94 valence electrons. The molecular formula is C13H19NO3. The molecule has 4 nitrogen and oxygen atoms in total. The average molecular weight is 237 g/mol. The van der Waals surface area contributed by atoms with Crippen LogP contribution in [0.3, 0.4) is 0 Å². The number of Topliss-reactive ketones (excluding diaryl/α,β-unsaturated/α-hetero) is 1. The van der Waals surface area contributed by atoms with Gasteiger partial charge in [-0.1, -0.05) is 6.92 Å². The SMILES string of the molecule is CCC(=O)c1ccc(OCCOCCN)cc1. The van der Waals surface area contributed by atoms with Gasteiger partial charge in [-0.15, -0.1) is 0 Å². The number of carbonyl (C=O) groups excluding carboxylic acids is 1. The molecule has 17 heavy (non-hydrogen) atoms. The summed E-state index contributed by atoms with van der Waals surface area (Å²) < 4.78 is 10.6. The largest absolute Gasteiger partial charge is 0.491 e. The van der Waals surface area contributed by atoms with Crippen LogP contribution in [0, 0.1) is 0 Å². The van der Waals surface area contributed by atoms with Crippen molar-refractivity contribution in [1.82, 2.24) is 0 Å². The highest BCUT2D eigenvalue weighted by molar-refractivity contribution is 5.95. The molecule has 0 unspecified atom stereocenters. The van der Waals surface area contributed by atoms with Crippen LogP contribution in [-0.4, -0.2) is 32.1 Å². The van der Waals surface area contributed by atoms with Gasteiger partial charge in [0.1, 0.15) is 12.4 Å². The first-order valence-corrected chi connectivity index (χ1v) is 5.81. The molecule has 0 bridgehead atoms. The van der Waals surface area contributed by atoms with E-state index in [0.717, 1.165) is 11.3 Å². The standard InChI is InChI=1S/C13H19NO3/c1-2-13(15)11-3-5-12(6-4-11)17-10-9-16-8-7-14/h3-6H,2,7-10,14H2,1H3. The quantitative estimate of drug-likeness (QED) is 0.551. The fourth-order valence-electron chi connectivity index (χ4n) is 1.35. The Balaban J connectivity index is 2.33. The van der Waals surface area contributed by atoms with E-state index in [1.807, 2.05) is 6.92 Å². The number of hydrogen-bond acceptors (Lipinski definition) is 4. The van der Waals surface area contributed by atoms with Crippen LogP contribution in [0.25, 0.3) is 0 Å². The van der Waals surface area contributed by atoms with Gasteiger partial charge in [0.05, 0.1) is 13.2 Å². The van der Waals surface area contributed by atoms with Gasteiger partial charge in [0.2, 0.25) is 0 Å². The van der Waals surface area contributed by atoms with E-state index in [2.05, 4.69) is 0 Å². The summed E-state index contributed by atoms with van der Waals surface area (Å²) in [6.45, 7) is 3.93. The zero-order valence-electron chi connectivity index (χ0n) is 10.1. The molecule has 1 rings (SSSR count). The Morgan fingerprint density at radius 3 is 2.47 bits per heavy atom. The molecule has 0 atom stereocenters. The average Bonchev–Trinajstić information content (AvgIpc) is 2.38. The molecule has 0 fully saturated rings. The summed E-state index contributed by atoms with van der Waals surface area (Å²) in [5.74, 6) is 0.886. The van der Waals surface area contributed by atoms with Gasteiger partial charge in [0.25, 0.3) is 0 Å². The molecular weight excluding hydrogens is 218 g/mol. The molecule has 0 radical (unpaired) electrons. The Kier molecular flexibility index (Phi) is 6.29. The lowest BCUT2D eigenvalue weighted by atomic mass is 10.1. The predicted octanol–water partition coefficient (Wildman–Crippen LogP) is 1.63. The maximum atomic E-state index is 11.4. The number of nitrogens with two attached hydrogens (primary N) is 1. The molecule has 0 saturated heterocycles. The van der Waals surface area contributed by atoms with Gasteiger partial charge < -0.3 is 15.2 Å². The Labute approximate surface area is 102 Å². The summed E-state index contributed by atoms with van der Waals surface area (Å²) in [7, 11) is 0. The molecule has 0 aliphatic heterocycles. The van der Waals surface area contributed by atoms with Crippen LogP contribution in [0.4, 0.5) is 0 Å². The number of benzene rings is 1. The Morgan fingerprint density at radius 2 is 1.88 bits per heavy atom. The molecule has 1 aromatic carbocycles. The minimum Gasteiger partial charge on any atom is -0.491 e. The van der Waals surface area contributed by atoms with Crippen LogP contribution in [0.2, 0.25) is 0 Å². The fraction of sp³-hybridized carbons (Fsp3) is 0.462. The third kappa shape index (κ3) is 4.97. The minimum absolute atomic E-state index is 0.142. The van der Waals surface area contributed by atoms with E-state index in [4.69, 9.17) is 15.2 Å². The molecule has 4 heteroatoms. The molecule has 0 spiro atoms. The van der Waals surface area contributed by atoms with Gasteiger partial charge in [-0.3, -0.25) is 4.79 Å². The van der Waals surface area contributed by atoms with Crippen molar-refractivity contribution in [2.75, 3.05) is 26.4 Å². The van der Waals surface area contributed by atoms with E-state index in [9.17, 15) is 4.79 Å². The van der Waals surface area contributed by atoms with E-state index in [1.54, 1.807) is 24.3 Å². The van der Waals surface area contributed by atoms with Gasteiger partial charge in [-0.25, -0.2) is 0 Å². The number of hydrogen-bond donors (Lipinski definition) is 1. The number of rotatable bonds is 8. The highest BCUT2D eigenvalue weighted by atomic mass is 16.5. The van der Waals surface area contributed by atoms with Crippen molar-refractivity contribution < 1.29 is 14.3 Å². The number of ketones is 1. The maximum absolute atomic E-state index is 11.4. The van der Waals surface area contributed by atoms with Gasteiger partial charge in [0, 0.05) is 18.5 Å². The second-order valence-corrected chi connectivity index (χ2v) is 3.55. The van der Waals surface area contributed by atoms with E-state index >= 15 is 0 Å². The summed E-state index contributed by atoms with van der Waals surface area (Å²) in [6.07, 6.45) is 0.521. The van der Waals surface area contributed by atoms with Crippen molar-refractivity contribution in [3.05, 3.63) is 29.8 Å². The van der Waals surface area contributed by atoms with Crippen molar-refractivity contribution in [1.29, 1.82) is 0 Å². The van der Waals surface area contributed by atoms with Crippen LogP contribution in [0.15, 0.2) is 24.3 Å². The normalized spacial score (nSPS) is 10.2. The molecule has 0 aliphatic rings. The van der Waals surface area contributed by atoms with Crippen LogP contribution in [0.5, 0.6) is 5.75 Å². The summed E-state index contributed by atoms with van der Waals surface area (Å²) in [4.78, 5) is 11.4. The smallest absolute Gasteiger partial charge is 0.162 e. The number of ether oxygens (including phenoxy) is 2. The topological polar surface area (TPSA) is 61.5 Å². The van der Waals surface area contributed by atoms with Crippen LogP contribution in [-0.2, 0) is 4.74 Å². The Morgan fingerprint density at radius 1 is 1.18 bits per heavy atom. The lowest BCUT2D eigenvalue weighted by Crippen LogP contribution is -2.13. The van der Waals surface area contributed by atoms with Crippen molar-refractivity contribution in [2.24, 2.45) is 5.73 Å². The Bertz CT molecular complexity index is 335. The highest BCUT2D eigenvalue weighted by Gasteiger charge is 2.02. The lowest BCUT2D eigenvalue weighted by Gasteiger charge is -2.07. The van der Waals surface area contributed by atoms with Crippen LogP contribution >= 0.6 is 0 Å². The van der Waals surface area contributed by atoms with Gasteiger partial charge >= 0.3 is 0 Å². The van der Waals surface area contributed by atoms with Crippen LogP contribution in [0.1, 0.15) is 23.7 Å². The van der Waals surface area contributed by atoms with E-state index in [0.29, 0.717) is 32.8 Å². The zero-order valence-corrected chi connectivity index (χ0v) is 10.1. The fourth-order valence-corrected chi connectivity index (χ4v) is 1.35. The van der Waals surface area contributed by atoms with Crippen molar-refractivity contribution in [3.8, 4) is 5.75 Å². The Hall–Kier alpha value is -1.39. The summed E-state index contributed by atoms with van der Waals surface area (Å²) in [5.41, 5.74) is 6.00. The highest BCUT2D eigenvalue weighted by Crippen LogP contribution is 2.13. The second-order valence-electron chi connectivity index (χ2n) is 3.55. The molecule has 0 amide bonds. The summed E-state index contributed by atoms with van der Waals surface area (Å²) in [6, 6.07) is 7.15. The molecule has 1 aromatic rings. The molecule has 0 heterocycles. The summed E-state index contributed by atoms with van der Waals surface area (Å²) in [5, 5.41) is 0. The van der Waals surface area contributed by atoms with Crippen molar-refractivity contribution >= 4 is 5.78 Å². The number of carbonyl (C=O) groups is 1. The third-order valence-electron chi connectivity index (χ3n) is 2.26. The molecule has 0 aromatic heterocycles. The first-order valence-electron chi connectivity index (χ1n) is 5.81. The van der Waals surface area contributed by atoms with E-state index < -0.39 is 0 Å². The van der Waals surface area contributed by atoms with Gasteiger partial charge in [-0.2, -0.15) is 0 Å². The molecule has 0 saturated carbocycles. The lowest BCUT2D eigenvalue weighted by molar-refractivity contribution is 0.0987. The van der Waals surface area contributed by atoms with E-state index in [-0.39, 0.29) is 5.78 Å². The zero-order chi connectivity index (χ0) is 12.5. The summed E-state index contributed by atoms with van der Waals surface area (Å²) >= 11 is 0.